The first-order chi connectivity index (χ1) is 7.56. The van der Waals surface area contributed by atoms with Gasteiger partial charge in [-0.3, -0.25) is 0 Å². The van der Waals surface area contributed by atoms with Crippen molar-refractivity contribution in [2.75, 3.05) is 13.2 Å². The van der Waals surface area contributed by atoms with Gasteiger partial charge in [-0.25, -0.2) is 8.78 Å². The fraction of sp³-hybridized carbons (Fsp3) is 0.500. The van der Waals surface area contributed by atoms with Crippen LogP contribution in [0, 0.1) is 17.0 Å². The van der Waals surface area contributed by atoms with Crippen molar-refractivity contribution in [1.82, 2.24) is 0 Å². The van der Waals surface area contributed by atoms with E-state index in [2.05, 4.69) is 0 Å². The second-order valence-corrected chi connectivity index (χ2v) is 4.13. The van der Waals surface area contributed by atoms with Crippen molar-refractivity contribution in [2.45, 2.75) is 19.8 Å². The number of hydrogen-bond donors (Lipinski definition) is 2. The first-order valence-electron chi connectivity index (χ1n) is 5.32. The molecule has 1 aromatic rings. The van der Waals surface area contributed by atoms with Crippen molar-refractivity contribution in [3.63, 3.8) is 0 Å². The lowest BCUT2D eigenvalue weighted by Crippen LogP contribution is -2.36. The summed E-state index contributed by atoms with van der Waals surface area (Å²) in [6.45, 7) is 1.99. The van der Waals surface area contributed by atoms with Crippen molar-refractivity contribution < 1.29 is 13.9 Å². The van der Waals surface area contributed by atoms with Gasteiger partial charge in [0.05, 0.1) is 6.61 Å². The zero-order valence-electron chi connectivity index (χ0n) is 9.34. The van der Waals surface area contributed by atoms with Gasteiger partial charge in [0.25, 0.3) is 0 Å². The molecule has 0 heterocycles. The van der Waals surface area contributed by atoms with Crippen molar-refractivity contribution in [3.05, 3.63) is 35.4 Å². The van der Waals surface area contributed by atoms with Gasteiger partial charge in [0, 0.05) is 12.0 Å². The summed E-state index contributed by atoms with van der Waals surface area (Å²) < 4.78 is 26.4. The van der Waals surface area contributed by atoms with E-state index in [9.17, 15) is 13.9 Å². The van der Waals surface area contributed by atoms with Gasteiger partial charge in [-0.2, -0.15) is 0 Å². The quantitative estimate of drug-likeness (QED) is 0.809. The molecule has 0 aliphatic rings. The largest absolute Gasteiger partial charge is 0.396 e. The molecule has 16 heavy (non-hydrogen) atoms. The third kappa shape index (κ3) is 2.77. The maximum atomic E-state index is 13.4. The van der Waals surface area contributed by atoms with Crippen molar-refractivity contribution in [1.29, 1.82) is 0 Å². The number of halogens is 2. The maximum Gasteiger partial charge on any atom is 0.126 e. The molecule has 0 bridgehead atoms. The summed E-state index contributed by atoms with van der Waals surface area (Å²) in [5.74, 6) is -0.933. The Labute approximate surface area is 94.1 Å². The van der Waals surface area contributed by atoms with Crippen molar-refractivity contribution >= 4 is 0 Å². The van der Waals surface area contributed by atoms with E-state index >= 15 is 0 Å². The second-order valence-electron chi connectivity index (χ2n) is 4.13. The Morgan fingerprint density at radius 2 is 2.06 bits per heavy atom. The molecular formula is C12H17F2NO. The van der Waals surface area contributed by atoms with Crippen LogP contribution in [0.4, 0.5) is 8.78 Å². The SMILES string of the molecule is CCC(CN)(CO)Cc1cc(F)ccc1F. The maximum absolute atomic E-state index is 13.4. The Bertz CT molecular complexity index is 343. The van der Waals surface area contributed by atoms with Crippen LogP contribution in [-0.4, -0.2) is 18.3 Å². The van der Waals surface area contributed by atoms with E-state index < -0.39 is 17.0 Å². The second kappa shape index (κ2) is 5.37. The molecule has 0 aromatic heterocycles. The minimum absolute atomic E-state index is 0.129. The highest BCUT2D eigenvalue weighted by Gasteiger charge is 2.27. The Hall–Kier alpha value is -1.00. The molecule has 0 radical (unpaired) electrons. The third-order valence-electron chi connectivity index (χ3n) is 3.09. The number of benzene rings is 1. The van der Waals surface area contributed by atoms with Crippen LogP contribution in [0.2, 0.25) is 0 Å². The predicted molar refractivity (Wildman–Crippen MR) is 58.9 cm³/mol. The first-order valence-corrected chi connectivity index (χ1v) is 5.32. The van der Waals surface area contributed by atoms with Crippen LogP contribution in [-0.2, 0) is 6.42 Å². The number of nitrogens with two attached hydrogens (primary N) is 1. The highest BCUT2D eigenvalue weighted by molar-refractivity contribution is 5.20. The van der Waals surface area contributed by atoms with E-state index in [-0.39, 0.29) is 25.1 Å². The lowest BCUT2D eigenvalue weighted by molar-refractivity contribution is 0.126. The van der Waals surface area contributed by atoms with Crippen LogP contribution in [0.1, 0.15) is 18.9 Å². The van der Waals surface area contributed by atoms with Gasteiger partial charge < -0.3 is 10.8 Å². The number of aliphatic hydroxyl groups excluding tert-OH is 1. The summed E-state index contributed by atoms with van der Waals surface area (Å²) in [5.41, 5.74) is 5.29. The number of hydrogen-bond acceptors (Lipinski definition) is 2. The van der Waals surface area contributed by atoms with Crippen molar-refractivity contribution in [3.8, 4) is 0 Å². The number of aliphatic hydroxyl groups is 1. The van der Waals surface area contributed by atoms with Gasteiger partial charge in [0.1, 0.15) is 11.6 Å². The summed E-state index contributed by atoms with van der Waals surface area (Å²) in [6.07, 6.45) is 0.871. The summed E-state index contributed by atoms with van der Waals surface area (Å²) in [6, 6.07) is 3.33. The Kier molecular flexibility index (Phi) is 4.38. The monoisotopic (exact) mass is 229 g/mol. The summed E-state index contributed by atoms with van der Waals surface area (Å²) in [4.78, 5) is 0. The molecule has 1 unspecified atom stereocenters. The minimum Gasteiger partial charge on any atom is -0.396 e. The molecule has 4 heteroatoms. The van der Waals surface area contributed by atoms with Crippen LogP contribution in [0.15, 0.2) is 18.2 Å². The topological polar surface area (TPSA) is 46.2 Å². The van der Waals surface area contributed by atoms with Crippen LogP contribution >= 0.6 is 0 Å². The highest BCUT2D eigenvalue weighted by Crippen LogP contribution is 2.27. The van der Waals surface area contributed by atoms with E-state index in [4.69, 9.17) is 5.73 Å². The molecule has 2 nitrogen and oxygen atoms in total. The summed E-state index contributed by atoms with van der Waals surface area (Å²) in [7, 11) is 0. The normalized spacial score (nSPS) is 14.8. The van der Waals surface area contributed by atoms with E-state index in [0.717, 1.165) is 18.2 Å². The first kappa shape index (κ1) is 13.1. The van der Waals surface area contributed by atoms with E-state index in [1.54, 1.807) is 0 Å². The molecule has 0 saturated carbocycles. The van der Waals surface area contributed by atoms with Gasteiger partial charge in [-0.1, -0.05) is 6.92 Å². The molecule has 90 valence electrons. The van der Waals surface area contributed by atoms with Gasteiger partial charge in [-0.05, 0) is 36.6 Å². The fourth-order valence-corrected chi connectivity index (χ4v) is 1.66. The Morgan fingerprint density at radius 3 is 2.56 bits per heavy atom. The van der Waals surface area contributed by atoms with Crippen LogP contribution in [0.3, 0.4) is 0 Å². The lowest BCUT2D eigenvalue weighted by atomic mass is 9.80. The van der Waals surface area contributed by atoms with Crippen LogP contribution in [0.25, 0.3) is 0 Å². The molecule has 0 aliphatic carbocycles. The molecule has 1 rings (SSSR count). The summed E-state index contributed by atoms with van der Waals surface area (Å²) >= 11 is 0. The van der Waals surface area contributed by atoms with E-state index in [1.807, 2.05) is 6.92 Å². The molecule has 1 aromatic carbocycles. The van der Waals surface area contributed by atoms with Gasteiger partial charge in [0.2, 0.25) is 0 Å². The Balaban J connectivity index is 2.97. The minimum atomic E-state index is -0.561. The fourth-order valence-electron chi connectivity index (χ4n) is 1.66. The molecule has 0 amide bonds. The lowest BCUT2D eigenvalue weighted by Gasteiger charge is -2.29. The standard InChI is InChI=1S/C12H17F2NO/c1-2-12(7-15,8-16)6-9-5-10(13)3-4-11(9)14/h3-5,16H,2,6-8,15H2,1H3. The van der Waals surface area contributed by atoms with Gasteiger partial charge >= 0.3 is 0 Å². The predicted octanol–water partition coefficient (Wildman–Crippen LogP) is 1.85. The smallest absolute Gasteiger partial charge is 0.126 e. The van der Waals surface area contributed by atoms with Crippen LogP contribution in [0.5, 0.6) is 0 Å². The average Bonchev–Trinajstić information content (AvgIpc) is 2.31. The molecule has 0 fully saturated rings. The number of rotatable bonds is 5. The van der Waals surface area contributed by atoms with Crippen LogP contribution < -0.4 is 5.73 Å². The highest BCUT2D eigenvalue weighted by atomic mass is 19.1. The molecular weight excluding hydrogens is 212 g/mol. The zero-order chi connectivity index (χ0) is 12.2. The van der Waals surface area contributed by atoms with E-state index in [1.165, 1.54) is 0 Å². The van der Waals surface area contributed by atoms with Gasteiger partial charge in [0.15, 0.2) is 0 Å². The molecule has 0 aliphatic heterocycles. The van der Waals surface area contributed by atoms with E-state index in [0.29, 0.717) is 6.42 Å². The Morgan fingerprint density at radius 1 is 1.38 bits per heavy atom. The van der Waals surface area contributed by atoms with Gasteiger partial charge in [-0.15, -0.1) is 0 Å². The van der Waals surface area contributed by atoms with Crippen molar-refractivity contribution in [2.24, 2.45) is 11.1 Å². The molecule has 3 N–H and O–H groups in total. The molecule has 1 atom stereocenters. The average molecular weight is 229 g/mol. The zero-order valence-corrected chi connectivity index (χ0v) is 9.34. The molecule has 0 spiro atoms. The third-order valence-corrected chi connectivity index (χ3v) is 3.09. The summed E-state index contributed by atoms with van der Waals surface area (Å²) in [5, 5.41) is 9.30. The molecule has 0 saturated heterocycles.